The molecule has 1 aliphatic rings. The average Bonchev–Trinajstić information content (AvgIpc) is 2.94. The zero-order chi connectivity index (χ0) is 19.1. The van der Waals surface area contributed by atoms with E-state index in [4.69, 9.17) is 0 Å². The monoisotopic (exact) mass is 365 g/mol. The van der Waals surface area contributed by atoms with E-state index in [1.165, 1.54) is 10.4 Å². The van der Waals surface area contributed by atoms with Gasteiger partial charge >= 0.3 is 0 Å². The van der Waals surface area contributed by atoms with Gasteiger partial charge in [0.15, 0.2) is 0 Å². The second-order valence-corrected chi connectivity index (χ2v) is 7.18. The van der Waals surface area contributed by atoms with Crippen LogP contribution in [0.5, 0.6) is 0 Å². The second-order valence-electron chi connectivity index (χ2n) is 7.18. The third-order valence-corrected chi connectivity index (χ3v) is 5.33. The highest BCUT2D eigenvalue weighted by Crippen LogP contribution is 2.31. The molecule has 27 heavy (non-hydrogen) atoms. The Morgan fingerprint density at radius 3 is 2.70 bits per heavy atom. The number of carbonyl (C=O) groups excluding carboxylic acids is 1. The molecule has 0 spiro atoms. The van der Waals surface area contributed by atoms with Gasteiger partial charge < -0.3 is 5.32 Å². The van der Waals surface area contributed by atoms with Crippen molar-refractivity contribution < 1.29 is 4.79 Å². The minimum atomic E-state index is -0.242. The minimum absolute atomic E-state index is 0.0628. The molecule has 1 aromatic carbocycles. The van der Waals surface area contributed by atoms with Gasteiger partial charge in [-0.2, -0.15) is 10.2 Å². The summed E-state index contributed by atoms with van der Waals surface area (Å²) in [4.78, 5) is 25.3. The van der Waals surface area contributed by atoms with E-state index in [0.717, 1.165) is 41.6 Å². The van der Waals surface area contributed by atoms with E-state index >= 15 is 0 Å². The van der Waals surface area contributed by atoms with Crippen molar-refractivity contribution in [2.24, 2.45) is 7.05 Å². The van der Waals surface area contributed by atoms with E-state index in [-0.39, 0.29) is 24.1 Å². The first-order valence-electron chi connectivity index (χ1n) is 9.24. The largest absolute Gasteiger partial charge is 0.348 e. The summed E-state index contributed by atoms with van der Waals surface area (Å²) >= 11 is 0. The normalized spacial score (nSPS) is 16.3. The van der Waals surface area contributed by atoms with Gasteiger partial charge in [-0.3, -0.25) is 14.3 Å². The fourth-order valence-electron chi connectivity index (χ4n) is 4.12. The van der Waals surface area contributed by atoms with Crippen LogP contribution in [0.2, 0.25) is 0 Å². The maximum atomic E-state index is 12.7. The van der Waals surface area contributed by atoms with Crippen molar-refractivity contribution in [3.63, 3.8) is 0 Å². The van der Waals surface area contributed by atoms with E-state index in [9.17, 15) is 9.59 Å². The fraction of sp³-hybridized carbons (Fsp3) is 0.400. The SMILES string of the molecule is Cc1nn(C)c2c1C(NC(=O)Cn1nc(C)c3ccccc3c1=O)CCC2. The molecule has 0 radical (unpaired) electrons. The Kier molecular flexibility index (Phi) is 4.30. The Morgan fingerprint density at radius 2 is 1.93 bits per heavy atom. The van der Waals surface area contributed by atoms with E-state index < -0.39 is 0 Å². The van der Waals surface area contributed by atoms with Gasteiger partial charge in [0.1, 0.15) is 6.54 Å². The number of fused-ring (bicyclic) bond motifs is 2. The summed E-state index contributed by atoms with van der Waals surface area (Å²) in [5.41, 5.74) is 3.75. The summed E-state index contributed by atoms with van der Waals surface area (Å²) in [7, 11) is 1.94. The van der Waals surface area contributed by atoms with Crippen molar-refractivity contribution in [2.75, 3.05) is 0 Å². The van der Waals surface area contributed by atoms with Crippen LogP contribution in [0.25, 0.3) is 10.8 Å². The summed E-state index contributed by atoms with van der Waals surface area (Å²) in [6, 6.07) is 7.28. The van der Waals surface area contributed by atoms with E-state index in [1.807, 2.05) is 43.8 Å². The van der Waals surface area contributed by atoms with Crippen molar-refractivity contribution in [1.82, 2.24) is 24.9 Å². The number of benzene rings is 1. The number of carbonyl (C=O) groups is 1. The highest BCUT2D eigenvalue weighted by Gasteiger charge is 2.27. The van der Waals surface area contributed by atoms with Gasteiger partial charge in [0.05, 0.1) is 22.8 Å². The highest BCUT2D eigenvalue weighted by molar-refractivity contribution is 5.83. The first-order chi connectivity index (χ1) is 13.0. The molecule has 1 atom stereocenters. The lowest BCUT2D eigenvalue weighted by Crippen LogP contribution is -2.37. The van der Waals surface area contributed by atoms with Crippen LogP contribution in [-0.2, 0) is 24.8 Å². The molecule has 7 heteroatoms. The van der Waals surface area contributed by atoms with Crippen molar-refractivity contribution in [2.45, 2.75) is 45.7 Å². The Balaban J connectivity index is 1.59. The third-order valence-electron chi connectivity index (χ3n) is 5.33. The molecule has 140 valence electrons. The number of nitrogens with one attached hydrogen (secondary N) is 1. The molecule has 1 N–H and O–H groups in total. The Bertz CT molecular complexity index is 1100. The van der Waals surface area contributed by atoms with Crippen LogP contribution >= 0.6 is 0 Å². The van der Waals surface area contributed by atoms with Crippen molar-refractivity contribution >= 4 is 16.7 Å². The topological polar surface area (TPSA) is 81.8 Å². The Labute approximate surface area is 157 Å². The van der Waals surface area contributed by atoms with Crippen LogP contribution in [0.3, 0.4) is 0 Å². The number of rotatable bonds is 3. The molecule has 1 aliphatic carbocycles. The van der Waals surface area contributed by atoms with Crippen molar-refractivity contribution in [3.05, 3.63) is 57.3 Å². The van der Waals surface area contributed by atoms with Crippen molar-refractivity contribution in [3.8, 4) is 0 Å². The minimum Gasteiger partial charge on any atom is -0.348 e. The van der Waals surface area contributed by atoms with Crippen LogP contribution in [0.1, 0.15) is 41.5 Å². The molecule has 1 amide bonds. The molecule has 1 unspecified atom stereocenters. The molecule has 2 heterocycles. The summed E-state index contributed by atoms with van der Waals surface area (Å²) in [5.74, 6) is -0.208. The fourth-order valence-corrected chi connectivity index (χ4v) is 4.12. The summed E-state index contributed by atoms with van der Waals surface area (Å²) in [6.45, 7) is 3.74. The predicted octanol–water partition coefficient (Wildman–Crippen LogP) is 1.94. The number of nitrogens with zero attached hydrogens (tertiary/aromatic N) is 4. The highest BCUT2D eigenvalue weighted by atomic mass is 16.2. The zero-order valence-electron chi connectivity index (χ0n) is 15.8. The quantitative estimate of drug-likeness (QED) is 0.769. The molecule has 0 saturated heterocycles. The maximum absolute atomic E-state index is 12.7. The summed E-state index contributed by atoms with van der Waals surface area (Å²) in [5, 5.41) is 13.3. The molecule has 0 fully saturated rings. The number of aromatic nitrogens is 4. The number of hydrogen-bond donors (Lipinski definition) is 1. The molecular formula is C20H23N5O2. The molecule has 3 aromatic rings. The summed E-state index contributed by atoms with van der Waals surface area (Å²) in [6.07, 6.45) is 2.86. The maximum Gasteiger partial charge on any atom is 0.275 e. The molecule has 0 bridgehead atoms. The lowest BCUT2D eigenvalue weighted by molar-refractivity contribution is -0.122. The zero-order valence-corrected chi connectivity index (χ0v) is 15.8. The predicted molar refractivity (Wildman–Crippen MR) is 103 cm³/mol. The van der Waals surface area contributed by atoms with Crippen molar-refractivity contribution in [1.29, 1.82) is 0 Å². The van der Waals surface area contributed by atoms with Gasteiger partial charge in [0, 0.05) is 23.7 Å². The van der Waals surface area contributed by atoms with E-state index in [0.29, 0.717) is 5.39 Å². The molecule has 0 aliphatic heterocycles. The lowest BCUT2D eigenvalue weighted by atomic mass is 9.91. The van der Waals surface area contributed by atoms with Crippen LogP contribution < -0.4 is 10.9 Å². The van der Waals surface area contributed by atoms with Crippen LogP contribution in [-0.4, -0.2) is 25.5 Å². The van der Waals surface area contributed by atoms with Gasteiger partial charge in [-0.15, -0.1) is 0 Å². The van der Waals surface area contributed by atoms with Gasteiger partial charge in [-0.25, -0.2) is 4.68 Å². The molecule has 0 saturated carbocycles. The Hall–Kier alpha value is -2.96. The first-order valence-corrected chi connectivity index (χ1v) is 9.24. The van der Waals surface area contributed by atoms with Gasteiger partial charge in [0.25, 0.3) is 5.56 Å². The van der Waals surface area contributed by atoms with Gasteiger partial charge in [0.2, 0.25) is 5.91 Å². The molecule has 2 aromatic heterocycles. The van der Waals surface area contributed by atoms with Crippen LogP contribution in [0.4, 0.5) is 0 Å². The smallest absolute Gasteiger partial charge is 0.275 e. The first kappa shape index (κ1) is 17.5. The van der Waals surface area contributed by atoms with Crippen LogP contribution in [0, 0.1) is 13.8 Å². The second kappa shape index (κ2) is 6.64. The van der Waals surface area contributed by atoms with Crippen LogP contribution in [0.15, 0.2) is 29.1 Å². The van der Waals surface area contributed by atoms with E-state index in [1.54, 1.807) is 6.07 Å². The lowest BCUT2D eigenvalue weighted by Gasteiger charge is -2.24. The Morgan fingerprint density at radius 1 is 1.19 bits per heavy atom. The number of aryl methyl sites for hydroxylation is 3. The molecular weight excluding hydrogens is 342 g/mol. The molecule has 4 rings (SSSR count). The number of hydrogen-bond acceptors (Lipinski definition) is 4. The van der Waals surface area contributed by atoms with E-state index in [2.05, 4.69) is 15.5 Å². The third kappa shape index (κ3) is 3.03. The van der Waals surface area contributed by atoms with Gasteiger partial charge in [-0.05, 0) is 39.2 Å². The standard InChI is InChI=1S/C20H23N5O2/c1-12-14-7-4-5-8-15(14)20(27)25(23-12)11-18(26)21-16-9-6-10-17-19(16)13(2)22-24(17)3/h4-5,7-8,16H,6,9-11H2,1-3H3,(H,21,26). The average molecular weight is 365 g/mol. The summed E-state index contributed by atoms with van der Waals surface area (Å²) < 4.78 is 3.16. The van der Waals surface area contributed by atoms with Gasteiger partial charge in [-0.1, -0.05) is 18.2 Å². The number of amides is 1. The molecule has 7 nitrogen and oxygen atoms in total.